The van der Waals surface area contributed by atoms with Crippen LogP contribution in [0.15, 0.2) is 30.5 Å². The van der Waals surface area contributed by atoms with Crippen molar-refractivity contribution in [3.63, 3.8) is 0 Å². The van der Waals surface area contributed by atoms with Gasteiger partial charge in [-0.15, -0.1) is 0 Å². The number of nitrogen functional groups attached to an aromatic ring is 1. The van der Waals surface area contributed by atoms with Gasteiger partial charge in [0, 0.05) is 28.8 Å². The fraction of sp³-hybridized carbons (Fsp3) is 0.267. The molecule has 0 atom stereocenters. The third-order valence-corrected chi connectivity index (χ3v) is 3.19. The van der Waals surface area contributed by atoms with Gasteiger partial charge in [0.2, 0.25) is 0 Å². The third-order valence-electron chi connectivity index (χ3n) is 3.19. The van der Waals surface area contributed by atoms with Gasteiger partial charge < -0.3 is 5.73 Å². The van der Waals surface area contributed by atoms with Crippen LogP contribution in [0, 0.1) is 6.92 Å². The van der Waals surface area contributed by atoms with Crippen LogP contribution in [0.25, 0.3) is 16.7 Å². The molecular weight excluding hydrogens is 250 g/mol. The second-order valence-corrected chi connectivity index (χ2v) is 5.26. The van der Waals surface area contributed by atoms with Crippen LogP contribution in [0.2, 0.25) is 0 Å². The molecule has 3 aromatic rings. The summed E-state index contributed by atoms with van der Waals surface area (Å²) >= 11 is 0. The van der Waals surface area contributed by atoms with Gasteiger partial charge in [-0.3, -0.25) is 0 Å². The number of nitrogens with two attached hydrogens (primary N) is 1. The number of aryl methyl sites for hydroxylation is 1. The Kier molecular flexibility index (Phi) is 2.89. The molecule has 0 saturated carbocycles. The molecule has 0 fully saturated rings. The smallest absolute Gasteiger partial charge is 0.157 e. The van der Waals surface area contributed by atoms with E-state index < -0.39 is 0 Å². The molecular formula is C15H17N5. The average Bonchev–Trinajstić information content (AvgIpc) is 2.80. The van der Waals surface area contributed by atoms with Crippen LogP contribution in [0.3, 0.4) is 0 Å². The van der Waals surface area contributed by atoms with Crippen LogP contribution < -0.4 is 5.73 Å². The van der Waals surface area contributed by atoms with Crippen molar-refractivity contribution in [2.24, 2.45) is 0 Å². The molecule has 0 bridgehead atoms. The van der Waals surface area contributed by atoms with Crippen LogP contribution in [-0.4, -0.2) is 19.7 Å². The topological polar surface area (TPSA) is 69.6 Å². The predicted molar refractivity (Wildman–Crippen MR) is 79.9 cm³/mol. The minimum Gasteiger partial charge on any atom is -0.399 e. The van der Waals surface area contributed by atoms with Crippen molar-refractivity contribution in [1.82, 2.24) is 19.7 Å². The van der Waals surface area contributed by atoms with Gasteiger partial charge in [0.1, 0.15) is 5.82 Å². The first-order valence-corrected chi connectivity index (χ1v) is 6.64. The first-order chi connectivity index (χ1) is 9.54. The molecule has 5 heteroatoms. The highest BCUT2D eigenvalue weighted by molar-refractivity contribution is 5.83. The summed E-state index contributed by atoms with van der Waals surface area (Å²) in [6, 6.07) is 7.68. The Bertz CT molecular complexity index is 773. The highest BCUT2D eigenvalue weighted by Gasteiger charge is 2.11. The van der Waals surface area contributed by atoms with Gasteiger partial charge in [-0.1, -0.05) is 13.8 Å². The Labute approximate surface area is 117 Å². The molecule has 1 aromatic carbocycles. The molecule has 20 heavy (non-hydrogen) atoms. The van der Waals surface area contributed by atoms with E-state index in [9.17, 15) is 0 Å². The molecule has 0 amide bonds. The zero-order valence-electron chi connectivity index (χ0n) is 11.8. The molecule has 0 unspecified atom stereocenters. The summed E-state index contributed by atoms with van der Waals surface area (Å²) in [5.41, 5.74) is 8.47. The van der Waals surface area contributed by atoms with Gasteiger partial charge in [0.25, 0.3) is 0 Å². The van der Waals surface area contributed by atoms with Gasteiger partial charge in [0.05, 0.1) is 11.7 Å². The second-order valence-electron chi connectivity index (χ2n) is 5.26. The Hall–Kier alpha value is -2.43. The van der Waals surface area contributed by atoms with Crippen LogP contribution in [0.1, 0.15) is 31.3 Å². The molecule has 2 aromatic heterocycles. The summed E-state index contributed by atoms with van der Waals surface area (Å²) in [6.07, 6.45) is 1.82. The molecule has 0 aliphatic heterocycles. The van der Waals surface area contributed by atoms with Crippen LogP contribution in [0.5, 0.6) is 0 Å². The van der Waals surface area contributed by atoms with E-state index in [1.54, 1.807) is 0 Å². The molecule has 0 aliphatic rings. The maximum atomic E-state index is 5.86. The van der Waals surface area contributed by atoms with Crippen LogP contribution in [0.4, 0.5) is 5.69 Å². The number of rotatable bonds is 2. The standard InChI is InChI=1S/C15H17N5/c1-9(2)15-18-10(3)6-14(19-15)20-13-7-12(16)5-4-11(13)8-17-20/h4-9H,16H2,1-3H3. The lowest BCUT2D eigenvalue weighted by molar-refractivity contribution is 0.743. The van der Waals surface area contributed by atoms with Crippen molar-refractivity contribution in [1.29, 1.82) is 0 Å². The van der Waals surface area contributed by atoms with Gasteiger partial charge in [-0.25, -0.2) is 14.6 Å². The van der Waals surface area contributed by atoms with Crippen LogP contribution >= 0.6 is 0 Å². The number of nitrogens with zero attached hydrogens (tertiary/aromatic N) is 4. The first-order valence-electron chi connectivity index (χ1n) is 6.64. The van der Waals surface area contributed by atoms with Crippen molar-refractivity contribution in [3.8, 4) is 5.82 Å². The van der Waals surface area contributed by atoms with E-state index in [0.29, 0.717) is 5.69 Å². The largest absolute Gasteiger partial charge is 0.399 e. The lowest BCUT2D eigenvalue weighted by Gasteiger charge is -2.09. The van der Waals surface area contributed by atoms with E-state index >= 15 is 0 Å². The number of hydrogen-bond acceptors (Lipinski definition) is 4. The normalized spacial score (nSPS) is 11.4. The second kappa shape index (κ2) is 4.59. The van der Waals surface area contributed by atoms with Gasteiger partial charge in [0.15, 0.2) is 5.82 Å². The fourth-order valence-corrected chi connectivity index (χ4v) is 2.16. The van der Waals surface area contributed by atoms with Crippen molar-refractivity contribution < 1.29 is 0 Å². The summed E-state index contributed by atoms with van der Waals surface area (Å²) in [5.74, 6) is 1.88. The first kappa shape index (κ1) is 12.6. The minimum atomic E-state index is 0.278. The Morgan fingerprint density at radius 2 is 1.95 bits per heavy atom. The molecule has 0 spiro atoms. The summed E-state index contributed by atoms with van der Waals surface area (Å²) in [7, 11) is 0. The van der Waals surface area contributed by atoms with E-state index in [0.717, 1.165) is 28.2 Å². The van der Waals surface area contributed by atoms with Gasteiger partial charge >= 0.3 is 0 Å². The molecule has 2 N–H and O–H groups in total. The van der Waals surface area contributed by atoms with E-state index in [1.807, 2.05) is 42.1 Å². The number of anilines is 1. The van der Waals surface area contributed by atoms with Gasteiger partial charge in [-0.2, -0.15) is 5.10 Å². The third kappa shape index (κ3) is 2.11. The zero-order valence-corrected chi connectivity index (χ0v) is 11.8. The van der Waals surface area contributed by atoms with Gasteiger partial charge in [-0.05, 0) is 25.1 Å². The number of aromatic nitrogens is 4. The van der Waals surface area contributed by atoms with Crippen molar-refractivity contribution in [3.05, 3.63) is 42.0 Å². The summed E-state index contributed by atoms with van der Waals surface area (Å²) < 4.78 is 1.81. The van der Waals surface area contributed by atoms with Crippen molar-refractivity contribution in [2.75, 3.05) is 5.73 Å². The molecule has 102 valence electrons. The minimum absolute atomic E-state index is 0.278. The van der Waals surface area contributed by atoms with Crippen molar-refractivity contribution in [2.45, 2.75) is 26.7 Å². The Balaban J connectivity index is 2.22. The lowest BCUT2D eigenvalue weighted by atomic mass is 10.2. The lowest BCUT2D eigenvalue weighted by Crippen LogP contribution is -2.06. The quantitative estimate of drug-likeness (QED) is 0.725. The van der Waals surface area contributed by atoms with E-state index in [4.69, 9.17) is 5.73 Å². The van der Waals surface area contributed by atoms with E-state index in [1.165, 1.54) is 0 Å². The highest BCUT2D eigenvalue weighted by Crippen LogP contribution is 2.21. The molecule has 2 heterocycles. The fourth-order valence-electron chi connectivity index (χ4n) is 2.16. The van der Waals surface area contributed by atoms with E-state index in [2.05, 4.69) is 28.9 Å². The Morgan fingerprint density at radius 1 is 1.15 bits per heavy atom. The monoisotopic (exact) mass is 267 g/mol. The molecule has 5 nitrogen and oxygen atoms in total. The van der Waals surface area contributed by atoms with Crippen molar-refractivity contribution >= 4 is 16.6 Å². The Morgan fingerprint density at radius 3 is 2.70 bits per heavy atom. The summed E-state index contributed by atoms with van der Waals surface area (Å²) in [5, 5.41) is 5.46. The molecule has 0 saturated heterocycles. The zero-order chi connectivity index (χ0) is 14.3. The average molecular weight is 267 g/mol. The number of fused-ring (bicyclic) bond motifs is 1. The van der Waals surface area contributed by atoms with E-state index in [-0.39, 0.29) is 5.92 Å². The molecule has 0 radical (unpaired) electrons. The highest BCUT2D eigenvalue weighted by atomic mass is 15.3. The number of benzene rings is 1. The predicted octanol–water partition coefficient (Wildman–Crippen LogP) is 2.83. The number of hydrogen-bond donors (Lipinski definition) is 1. The van der Waals surface area contributed by atoms with Crippen LogP contribution in [-0.2, 0) is 0 Å². The summed E-state index contributed by atoms with van der Waals surface area (Å²) in [4.78, 5) is 9.07. The maximum absolute atomic E-state index is 5.86. The molecule has 0 aliphatic carbocycles. The SMILES string of the molecule is Cc1cc(-n2ncc3ccc(N)cc32)nc(C(C)C)n1. The molecule has 3 rings (SSSR count). The maximum Gasteiger partial charge on any atom is 0.157 e. The summed E-state index contributed by atoms with van der Waals surface area (Å²) in [6.45, 7) is 6.13.